The molecule has 4 atom stereocenters. The molecule has 4 amide bonds. The Hall–Kier alpha value is -0.730. The molecule has 0 saturated heterocycles. The predicted octanol–water partition coefficient (Wildman–Crippen LogP) is 1.93. The lowest BCUT2D eigenvalue weighted by Gasteiger charge is -2.27. The minimum absolute atomic E-state index is 0.0167. The normalized spacial score (nSPS) is 12.6. The zero-order valence-corrected chi connectivity index (χ0v) is 50.1. The quantitative estimate of drug-likeness (QED) is 0.0347. The van der Waals surface area contributed by atoms with Gasteiger partial charge in [-0.1, -0.05) is 0 Å². The Labute approximate surface area is 472 Å². The van der Waals surface area contributed by atoms with Crippen molar-refractivity contribution in [3.05, 3.63) is 43.7 Å². The number of hydrogen-bond acceptors (Lipinski definition) is 17. The number of hydrogen-bond donors (Lipinski definition) is 12. The Morgan fingerprint density at radius 1 is 0.448 bits per heavy atom. The molecule has 0 radical (unpaired) electrons. The molecule has 0 aliphatic rings. The molecular weight excluding hydrogens is 1590 g/mol. The number of nitrogens with two attached hydrogens (primary N) is 2. The number of rotatable bonds is 22. The van der Waals surface area contributed by atoms with E-state index >= 15 is 0 Å². The number of amides is 4. The highest BCUT2D eigenvalue weighted by Crippen LogP contribution is 2.37. The lowest BCUT2D eigenvalue weighted by atomic mass is 10.1. The van der Waals surface area contributed by atoms with Gasteiger partial charge in [0.25, 0.3) is 23.6 Å². The summed E-state index contributed by atoms with van der Waals surface area (Å²) in [4.78, 5) is 76.0. The van der Waals surface area contributed by atoms with Crippen LogP contribution in [0.5, 0.6) is 0 Å². The van der Waals surface area contributed by atoms with Crippen LogP contribution >= 0.6 is 147 Å². The van der Waals surface area contributed by atoms with E-state index in [9.17, 15) is 49.2 Å². The average molecular weight is 1640 g/mol. The van der Waals surface area contributed by atoms with Crippen LogP contribution in [0.2, 0.25) is 0 Å². The van der Waals surface area contributed by atoms with Gasteiger partial charge in [0.2, 0.25) is 0 Å². The van der Waals surface area contributed by atoms with Crippen molar-refractivity contribution in [2.45, 2.75) is 63.4 Å². The molecule has 0 heterocycles. The van der Waals surface area contributed by atoms with Gasteiger partial charge in [0.05, 0.1) is 60.8 Å². The van der Waals surface area contributed by atoms with Crippen LogP contribution in [-0.2, 0) is 9.59 Å². The topological polar surface area (TPSA) is 370 Å². The molecule has 4 unspecified atom stereocenters. The second-order valence-corrected chi connectivity index (χ2v) is 21.4. The summed E-state index contributed by atoms with van der Waals surface area (Å²) in [5, 5.41) is 92.5. The van der Waals surface area contributed by atoms with Crippen LogP contribution in [0.25, 0.3) is 0 Å². The molecule has 0 spiro atoms. The first-order chi connectivity index (χ1) is 31.1. The van der Waals surface area contributed by atoms with Crippen molar-refractivity contribution in [1.82, 2.24) is 19.6 Å². The summed E-state index contributed by atoms with van der Waals surface area (Å²) in [5.41, 5.74) is 13.4. The molecule has 67 heavy (non-hydrogen) atoms. The van der Waals surface area contributed by atoms with Crippen molar-refractivity contribution in [3.63, 3.8) is 0 Å². The number of nitrogen functional groups attached to an aromatic ring is 2. The number of carbonyl (C=O) groups excluding carboxylic acids is 4. The van der Waals surface area contributed by atoms with Crippen molar-refractivity contribution < 1.29 is 79.8 Å². The third-order valence-electron chi connectivity index (χ3n) is 9.10. The molecule has 0 aromatic heterocycles. The number of nitrogens with zero attached hydrogens (tertiary/aromatic N) is 4. The molecule has 14 N–H and O–H groups in total. The van der Waals surface area contributed by atoms with Gasteiger partial charge in [-0.05, 0) is 136 Å². The number of carbonyl (C=O) groups is 6. The molecule has 0 bridgehead atoms. The van der Waals surface area contributed by atoms with E-state index in [0.29, 0.717) is 32.9 Å². The predicted molar refractivity (Wildman–Crippen MR) is 299 cm³/mol. The van der Waals surface area contributed by atoms with Crippen LogP contribution in [-0.4, -0.2) is 197 Å². The fraction of sp³-hybridized carbons (Fsp3) is 0.526. The van der Waals surface area contributed by atoms with E-state index in [4.69, 9.17) is 42.1 Å². The van der Waals surface area contributed by atoms with E-state index < -0.39 is 60.5 Å². The Morgan fingerprint density at radius 3 is 0.806 bits per heavy atom. The van der Waals surface area contributed by atoms with Crippen LogP contribution in [0.4, 0.5) is 11.4 Å². The summed E-state index contributed by atoms with van der Waals surface area (Å²) in [6.07, 6.45) is -4.65. The molecule has 0 fully saturated rings. The lowest BCUT2D eigenvalue weighted by Crippen LogP contribution is -2.40. The van der Waals surface area contributed by atoms with E-state index in [1.54, 1.807) is 0 Å². The third-order valence-corrected chi connectivity index (χ3v) is 16.7. The standard InChI is InChI=1S/2C16H22I3N3O6.C6H10O4S/c2*1-21(7(25)3-5-23)15(27)9-11(17)10(13(19)14(20)12(9)18)16(28)22(2)8(26)4-6-24;7-5(8)1-3-11-4-2-6(9)10/h2*7-8,23-26H,3-6,20H2,1-2H3;1-4H2,(H,7,8)(H,9,10). The van der Waals surface area contributed by atoms with E-state index in [2.05, 4.69) is 0 Å². The van der Waals surface area contributed by atoms with Crippen LogP contribution in [0.15, 0.2) is 0 Å². The molecule has 2 rings (SSSR count). The van der Waals surface area contributed by atoms with Gasteiger partial charge in [-0.15, -0.1) is 0 Å². The monoisotopic (exact) mass is 1640 g/mol. The summed E-state index contributed by atoms with van der Waals surface area (Å²) >= 11 is 12.7. The summed E-state index contributed by atoms with van der Waals surface area (Å²) in [5.74, 6) is -2.90. The number of carboxylic acid groups (broad SMARTS) is 2. The number of aliphatic hydroxyl groups is 8. The number of thioether (sulfide) groups is 1. The molecule has 0 saturated carbocycles. The van der Waals surface area contributed by atoms with Crippen molar-refractivity contribution in [2.75, 3.05) is 77.6 Å². The highest BCUT2D eigenvalue weighted by Gasteiger charge is 2.34. The van der Waals surface area contributed by atoms with Crippen LogP contribution in [0.3, 0.4) is 0 Å². The maximum atomic E-state index is 13.0. The molecule has 380 valence electrons. The summed E-state index contributed by atoms with van der Waals surface area (Å²) < 4.78 is 2.43. The second-order valence-electron chi connectivity index (χ2n) is 13.7. The second kappa shape index (κ2) is 33.1. The first kappa shape index (κ1) is 66.3. The van der Waals surface area contributed by atoms with Gasteiger partial charge in [0.15, 0.2) is 0 Å². The average Bonchev–Trinajstić information content (AvgIpc) is 3.26. The Balaban J connectivity index is 0.00000107. The van der Waals surface area contributed by atoms with Crippen LogP contribution in [0, 0.1) is 21.4 Å². The smallest absolute Gasteiger partial charge is 0.304 e. The minimum atomic E-state index is -1.20. The first-order valence-electron chi connectivity index (χ1n) is 19.3. The van der Waals surface area contributed by atoms with E-state index in [-0.39, 0.29) is 98.6 Å². The summed E-state index contributed by atoms with van der Waals surface area (Å²) in [6, 6.07) is 0. The fourth-order valence-corrected chi connectivity index (χ4v) is 14.0. The van der Waals surface area contributed by atoms with Crippen molar-refractivity contribution >= 4 is 194 Å². The molecule has 0 aliphatic heterocycles. The van der Waals surface area contributed by atoms with Crippen molar-refractivity contribution in [2.24, 2.45) is 0 Å². The Morgan fingerprint density at radius 2 is 0.642 bits per heavy atom. The van der Waals surface area contributed by atoms with Gasteiger partial charge in [0.1, 0.15) is 24.9 Å². The van der Waals surface area contributed by atoms with Crippen LogP contribution in [0.1, 0.15) is 80.0 Å². The van der Waals surface area contributed by atoms with E-state index in [1.807, 2.05) is 136 Å². The van der Waals surface area contributed by atoms with Crippen molar-refractivity contribution in [3.8, 4) is 0 Å². The number of halogens is 6. The van der Waals surface area contributed by atoms with Crippen LogP contribution < -0.4 is 11.5 Å². The zero-order chi connectivity index (χ0) is 52.2. The fourth-order valence-electron chi connectivity index (χ4n) is 5.02. The SMILES string of the molecule is CN(C(=O)c1c(I)c(N)c(I)c(C(=O)N(C)C(O)CCO)c1I)C(O)CCO.CN(C(=O)c1c(I)c(N)c(I)c(C(=O)N(C)C(O)CCO)c1I)C(O)CCO.O=C(O)CCSCCC(=O)O. The van der Waals surface area contributed by atoms with E-state index in [1.165, 1.54) is 40.0 Å². The lowest BCUT2D eigenvalue weighted by molar-refractivity contribution is -0.137. The maximum absolute atomic E-state index is 13.0. The number of carboxylic acids is 2. The first-order valence-corrected chi connectivity index (χ1v) is 26.9. The molecule has 2 aromatic rings. The highest BCUT2D eigenvalue weighted by molar-refractivity contribution is 14.1. The zero-order valence-electron chi connectivity index (χ0n) is 36.3. The van der Waals surface area contributed by atoms with Gasteiger partial charge in [-0.2, -0.15) is 11.8 Å². The van der Waals surface area contributed by atoms with E-state index in [0.717, 1.165) is 19.6 Å². The Kier molecular flexibility index (Phi) is 32.7. The Bertz CT molecular complexity index is 1790. The number of aliphatic hydroxyl groups excluding tert-OH is 8. The molecule has 2 aromatic carbocycles. The van der Waals surface area contributed by atoms with Gasteiger partial charge in [0, 0.05) is 98.9 Å². The third kappa shape index (κ3) is 19.7. The number of anilines is 2. The molecule has 22 nitrogen and oxygen atoms in total. The summed E-state index contributed by atoms with van der Waals surface area (Å²) in [6.45, 7) is -1.17. The number of aliphatic carboxylic acids is 2. The molecule has 29 heteroatoms. The van der Waals surface area contributed by atoms with Gasteiger partial charge < -0.3 is 82.1 Å². The molecule has 0 aliphatic carbocycles. The van der Waals surface area contributed by atoms with Gasteiger partial charge in [-0.25, -0.2) is 0 Å². The van der Waals surface area contributed by atoms with Gasteiger partial charge in [-0.3, -0.25) is 28.8 Å². The highest BCUT2D eigenvalue weighted by atomic mass is 127. The largest absolute Gasteiger partial charge is 0.481 e. The van der Waals surface area contributed by atoms with Crippen molar-refractivity contribution in [1.29, 1.82) is 0 Å². The van der Waals surface area contributed by atoms with Gasteiger partial charge >= 0.3 is 11.9 Å². The summed E-state index contributed by atoms with van der Waals surface area (Å²) in [7, 11) is 5.56. The maximum Gasteiger partial charge on any atom is 0.304 e. The number of benzene rings is 2. The minimum Gasteiger partial charge on any atom is -0.481 e. The molecular formula is C38H54I6N6O16S.